The first-order valence-corrected chi connectivity index (χ1v) is 7.53. The molecule has 0 aliphatic carbocycles. The third kappa shape index (κ3) is 3.57. The van der Waals surface area contributed by atoms with Crippen LogP contribution in [0.1, 0.15) is 49.8 Å². The van der Waals surface area contributed by atoms with Crippen molar-refractivity contribution < 1.29 is 0 Å². The van der Waals surface area contributed by atoms with Gasteiger partial charge in [0.25, 0.3) is 0 Å². The van der Waals surface area contributed by atoms with Crippen molar-refractivity contribution in [3.05, 3.63) is 17.2 Å². The molecule has 19 heavy (non-hydrogen) atoms. The van der Waals surface area contributed by atoms with Gasteiger partial charge in [-0.15, -0.1) is 0 Å². The monoisotopic (exact) mass is 264 g/mol. The fourth-order valence-corrected chi connectivity index (χ4v) is 2.78. The summed E-state index contributed by atoms with van der Waals surface area (Å²) < 4.78 is 2.50. The van der Waals surface area contributed by atoms with Crippen LogP contribution in [0.5, 0.6) is 0 Å². The lowest BCUT2D eigenvalue weighted by atomic mass is 10.1. The first kappa shape index (κ1) is 14.5. The van der Waals surface area contributed by atoms with Crippen molar-refractivity contribution >= 4 is 0 Å². The summed E-state index contributed by atoms with van der Waals surface area (Å²) in [5.74, 6) is 1.79. The normalized spacial score (nSPS) is 15.3. The van der Waals surface area contributed by atoms with Gasteiger partial charge < -0.3 is 14.8 Å². The van der Waals surface area contributed by atoms with Crippen LogP contribution in [-0.4, -0.2) is 41.6 Å². The molecular formula is C15H28N4. The standard InChI is InChI=1S/C15H28N4/c1-12(2)15-17-13-11-16-8-7-14(13)19(15)10-6-5-9-18(3)4/h12,16H,5-11H2,1-4H3. The molecule has 4 heteroatoms. The van der Waals surface area contributed by atoms with Gasteiger partial charge in [-0.05, 0) is 33.5 Å². The first-order valence-electron chi connectivity index (χ1n) is 7.53. The highest BCUT2D eigenvalue weighted by Gasteiger charge is 2.20. The number of nitrogens with one attached hydrogen (secondary N) is 1. The van der Waals surface area contributed by atoms with E-state index in [2.05, 4.69) is 42.7 Å². The molecule has 4 nitrogen and oxygen atoms in total. The zero-order valence-corrected chi connectivity index (χ0v) is 12.9. The van der Waals surface area contributed by atoms with Crippen molar-refractivity contribution in [1.29, 1.82) is 0 Å². The van der Waals surface area contributed by atoms with Crippen LogP contribution in [0.15, 0.2) is 0 Å². The number of hydrogen-bond donors (Lipinski definition) is 1. The van der Waals surface area contributed by atoms with E-state index in [9.17, 15) is 0 Å². The number of imidazole rings is 1. The summed E-state index contributed by atoms with van der Waals surface area (Å²) in [6.45, 7) is 8.84. The molecule has 1 aliphatic heterocycles. The van der Waals surface area contributed by atoms with Gasteiger partial charge in [-0.3, -0.25) is 0 Å². The Morgan fingerprint density at radius 1 is 1.32 bits per heavy atom. The highest BCUT2D eigenvalue weighted by molar-refractivity contribution is 5.21. The van der Waals surface area contributed by atoms with Gasteiger partial charge in [0.1, 0.15) is 5.82 Å². The van der Waals surface area contributed by atoms with E-state index in [1.165, 1.54) is 36.6 Å². The topological polar surface area (TPSA) is 33.1 Å². The van der Waals surface area contributed by atoms with E-state index in [1.807, 2.05) is 0 Å². The Morgan fingerprint density at radius 3 is 2.79 bits per heavy atom. The molecule has 0 fully saturated rings. The zero-order chi connectivity index (χ0) is 13.8. The fourth-order valence-electron chi connectivity index (χ4n) is 2.78. The van der Waals surface area contributed by atoms with Crippen LogP contribution >= 0.6 is 0 Å². The maximum Gasteiger partial charge on any atom is 0.111 e. The summed E-state index contributed by atoms with van der Waals surface area (Å²) in [4.78, 5) is 7.11. The molecule has 1 N–H and O–H groups in total. The smallest absolute Gasteiger partial charge is 0.111 e. The molecule has 108 valence electrons. The molecule has 2 heterocycles. The second-order valence-electron chi connectivity index (χ2n) is 6.11. The van der Waals surface area contributed by atoms with Crippen molar-refractivity contribution in [1.82, 2.24) is 19.8 Å². The van der Waals surface area contributed by atoms with E-state index < -0.39 is 0 Å². The minimum atomic E-state index is 0.513. The fraction of sp³-hybridized carbons (Fsp3) is 0.800. The minimum Gasteiger partial charge on any atom is -0.331 e. The van der Waals surface area contributed by atoms with E-state index in [-0.39, 0.29) is 0 Å². The van der Waals surface area contributed by atoms with Crippen molar-refractivity contribution in [2.45, 2.75) is 52.1 Å². The second kappa shape index (κ2) is 6.53. The number of unbranched alkanes of at least 4 members (excludes halogenated alkanes) is 1. The van der Waals surface area contributed by atoms with Crippen LogP contribution in [0.3, 0.4) is 0 Å². The van der Waals surface area contributed by atoms with Crippen LogP contribution in [0.2, 0.25) is 0 Å². The molecular weight excluding hydrogens is 236 g/mol. The van der Waals surface area contributed by atoms with Crippen molar-refractivity contribution in [3.63, 3.8) is 0 Å². The maximum atomic E-state index is 4.85. The summed E-state index contributed by atoms with van der Waals surface area (Å²) >= 11 is 0. The maximum absolute atomic E-state index is 4.85. The molecule has 0 amide bonds. The van der Waals surface area contributed by atoms with Gasteiger partial charge in [-0.2, -0.15) is 0 Å². The molecule has 0 saturated heterocycles. The van der Waals surface area contributed by atoms with E-state index >= 15 is 0 Å². The van der Waals surface area contributed by atoms with Crippen molar-refractivity contribution in [2.24, 2.45) is 0 Å². The SMILES string of the molecule is CC(C)c1nc2c(n1CCCCN(C)C)CCNC2. The van der Waals surface area contributed by atoms with Gasteiger partial charge in [0, 0.05) is 37.7 Å². The molecule has 0 atom stereocenters. The predicted molar refractivity (Wildman–Crippen MR) is 79.5 cm³/mol. The summed E-state index contributed by atoms with van der Waals surface area (Å²) in [5, 5.41) is 3.42. The van der Waals surface area contributed by atoms with Gasteiger partial charge in [0.15, 0.2) is 0 Å². The highest BCUT2D eigenvalue weighted by Crippen LogP contribution is 2.22. The van der Waals surface area contributed by atoms with Crippen LogP contribution in [0.4, 0.5) is 0 Å². The number of hydrogen-bond acceptors (Lipinski definition) is 3. The number of fused-ring (bicyclic) bond motifs is 1. The van der Waals surface area contributed by atoms with Gasteiger partial charge in [0.05, 0.1) is 5.69 Å². The highest BCUT2D eigenvalue weighted by atomic mass is 15.1. The molecule has 0 aromatic carbocycles. The Balaban J connectivity index is 2.06. The Bertz CT molecular complexity index is 407. The second-order valence-corrected chi connectivity index (χ2v) is 6.11. The van der Waals surface area contributed by atoms with Gasteiger partial charge in [-0.25, -0.2) is 4.98 Å². The zero-order valence-electron chi connectivity index (χ0n) is 12.9. The van der Waals surface area contributed by atoms with Gasteiger partial charge >= 0.3 is 0 Å². The van der Waals surface area contributed by atoms with E-state index in [1.54, 1.807) is 0 Å². The Hall–Kier alpha value is -0.870. The molecule has 2 rings (SSSR count). The summed E-state index contributed by atoms with van der Waals surface area (Å²) in [7, 11) is 4.29. The van der Waals surface area contributed by atoms with Crippen LogP contribution in [0, 0.1) is 0 Å². The van der Waals surface area contributed by atoms with Crippen molar-refractivity contribution in [3.8, 4) is 0 Å². The molecule has 0 bridgehead atoms. The van der Waals surface area contributed by atoms with Gasteiger partial charge in [0.2, 0.25) is 0 Å². The molecule has 0 radical (unpaired) electrons. The van der Waals surface area contributed by atoms with Crippen LogP contribution < -0.4 is 5.32 Å². The largest absolute Gasteiger partial charge is 0.331 e. The van der Waals surface area contributed by atoms with E-state index in [0.29, 0.717) is 5.92 Å². The molecule has 0 saturated carbocycles. The van der Waals surface area contributed by atoms with E-state index in [4.69, 9.17) is 4.98 Å². The lowest BCUT2D eigenvalue weighted by Crippen LogP contribution is -2.25. The molecule has 1 aliphatic rings. The average molecular weight is 264 g/mol. The van der Waals surface area contributed by atoms with Gasteiger partial charge in [-0.1, -0.05) is 13.8 Å². The number of nitrogens with zero attached hydrogens (tertiary/aromatic N) is 3. The molecule has 0 unspecified atom stereocenters. The average Bonchev–Trinajstić information content (AvgIpc) is 2.73. The molecule has 1 aromatic rings. The summed E-state index contributed by atoms with van der Waals surface area (Å²) in [5.41, 5.74) is 2.76. The Kier molecular flexibility index (Phi) is 4.99. The lowest BCUT2D eigenvalue weighted by Gasteiger charge is -2.17. The summed E-state index contributed by atoms with van der Waals surface area (Å²) in [6, 6.07) is 0. The number of aromatic nitrogens is 2. The first-order chi connectivity index (χ1) is 9.09. The minimum absolute atomic E-state index is 0.513. The van der Waals surface area contributed by atoms with Crippen LogP contribution in [-0.2, 0) is 19.5 Å². The third-order valence-corrected chi connectivity index (χ3v) is 3.77. The molecule has 1 aromatic heterocycles. The Morgan fingerprint density at radius 2 is 2.11 bits per heavy atom. The summed E-state index contributed by atoms with van der Waals surface area (Å²) in [6.07, 6.45) is 3.63. The Labute approximate surface area is 117 Å². The lowest BCUT2D eigenvalue weighted by molar-refractivity contribution is 0.385. The number of rotatable bonds is 6. The van der Waals surface area contributed by atoms with Crippen molar-refractivity contribution in [2.75, 3.05) is 27.2 Å². The third-order valence-electron chi connectivity index (χ3n) is 3.77. The predicted octanol–water partition coefficient (Wildman–Crippen LogP) is 1.99. The quantitative estimate of drug-likeness (QED) is 0.798. The molecule has 0 spiro atoms. The van der Waals surface area contributed by atoms with Crippen LogP contribution in [0.25, 0.3) is 0 Å². The van der Waals surface area contributed by atoms with E-state index in [0.717, 1.165) is 26.1 Å².